The second-order valence-corrected chi connectivity index (χ2v) is 5.89. The van der Waals surface area contributed by atoms with Gasteiger partial charge in [-0.25, -0.2) is 4.98 Å². The zero-order valence-electron chi connectivity index (χ0n) is 12.9. The Morgan fingerprint density at radius 2 is 1.86 bits per heavy atom. The maximum Gasteiger partial charge on any atom is 0.211 e. The van der Waals surface area contributed by atoms with Gasteiger partial charge in [-0.3, -0.25) is 0 Å². The van der Waals surface area contributed by atoms with Crippen LogP contribution in [0.1, 0.15) is 37.3 Å². The summed E-state index contributed by atoms with van der Waals surface area (Å²) in [7, 11) is 0. The molecule has 7 heteroatoms. The Morgan fingerprint density at radius 3 is 2.41 bits per heavy atom. The molecule has 0 bridgehead atoms. The van der Waals surface area contributed by atoms with Crippen molar-refractivity contribution in [3.05, 3.63) is 40.9 Å². The number of aromatic nitrogens is 1. The Bertz CT molecular complexity index is 672. The zero-order chi connectivity index (χ0) is 15.4. The average Bonchev–Trinajstić information content (AvgIpc) is 2.91. The predicted molar refractivity (Wildman–Crippen MR) is 88.5 cm³/mol. The van der Waals surface area contributed by atoms with Crippen LogP contribution < -0.4 is 11.5 Å². The first-order valence-corrected chi connectivity index (χ1v) is 7.41. The summed E-state index contributed by atoms with van der Waals surface area (Å²) < 4.78 is 0. The van der Waals surface area contributed by atoms with Gasteiger partial charge in [-0.2, -0.15) is 35.4 Å². The van der Waals surface area contributed by atoms with Gasteiger partial charge in [0.05, 0.1) is 21.3 Å². The smallest absolute Gasteiger partial charge is 0.211 e. The normalized spacial score (nSPS) is 11.2. The van der Waals surface area contributed by atoms with E-state index in [1.165, 1.54) is 0 Å². The van der Waals surface area contributed by atoms with Crippen LogP contribution in [0.5, 0.6) is 0 Å². The summed E-state index contributed by atoms with van der Waals surface area (Å²) in [5.74, 6) is 0.244. The molecule has 1 aromatic heterocycles. The van der Waals surface area contributed by atoms with Gasteiger partial charge in [0.15, 0.2) is 0 Å². The minimum atomic E-state index is -0.0521. The molecule has 0 saturated carbocycles. The van der Waals surface area contributed by atoms with E-state index in [2.05, 4.69) is 30.1 Å². The Hall–Kier alpha value is -1.11. The standard InChI is InChI=1S/C15H18N5S.Y/c1-9(2)12-13(10(3)19-20-15(16)17)21-14(18-12)11-7-5-4-6-8-11;/h5-9H,1-3H3,(H4,16,17,20);/q-1;/b19-10+;. The van der Waals surface area contributed by atoms with E-state index in [9.17, 15) is 0 Å². The first-order chi connectivity index (χ1) is 9.99. The van der Waals surface area contributed by atoms with Crippen molar-refractivity contribution in [1.82, 2.24) is 4.98 Å². The molecule has 0 atom stereocenters. The van der Waals surface area contributed by atoms with Gasteiger partial charge in [-0.15, -0.1) is 16.4 Å². The zero-order valence-corrected chi connectivity index (χ0v) is 16.5. The van der Waals surface area contributed by atoms with Crippen LogP contribution in [0.4, 0.5) is 0 Å². The quantitative estimate of drug-likeness (QED) is 0.365. The van der Waals surface area contributed by atoms with Gasteiger partial charge >= 0.3 is 0 Å². The molecule has 22 heavy (non-hydrogen) atoms. The van der Waals surface area contributed by atoms with E-state index in [1.807, 2.05) is 31.2 Å². The molecule has 0 spiro atoms. The van der Waals surface area contributed by atoms with Crippen molar-refractivity contribution >= 4 is 23.0 Å². The number of nitrogens with two attached hydrogens (primary N) is 2. The molecule has 0 aliphatic rings. The van der Waals surface area contributed by atoms with Crippen LogP contribution in [-0.4, -0.2) is 16.7 Å². The van der Waals surface area contributed by atoms with E-state index in [1.54, 1.807) is 11.3 Å². The molecule has 0 saturated heterocycles. The molecular weight excluding hydrogens is 371 g/mol. The number of rotatable bonds is 4. The topological polar surface area (TPSA) is 89.6 Å². The Morgan fingerprint density at radius 1 is 1.23 bits per heavy atom. The van der Waals surface area contributed by atoms with E-state index < -0.39 is 0 Å². The third-order valence-corrected chi connectivity index (χ3v) is 4.04. The molecule has 0 unspecified atom stereocenters. The second-order valence-electron chi connectivity index (χ2n) is 4.89. The van der Waals surface area contributed by atoms with Crippen LogP contribution in [0.25, 0.3) is 10.6 Å². The largest absolute Gasteiger partial charge is 0.369 e. The SMILES string of the molecule is C/C(=N\N=C(N)N)c1sc(-c2cc[c-]cc2)nc1C(C)C.[Y]. The molecule has 0 aliphatic carbocycles. The Balaban J connectivity index is 0.00000242. The summed E-state index contributed by atoms with van der Waals surface area (Å²) in [6.45, 7) is 6.10. The van der Waals surface area contributed by atoms with Crippen molar-refractivity contribution in [3.63, 3.8) is 0 Å². The molecule has 0 aliphatic heterocycles. The van der Waals surface area contributed by atoms with Gasteiger partial charge in [-0.1, -0.05) is 19.4 Å². The van der Waals surface area contributed by atoms with Gasteiger partial charge in [0.25, 0.3) is 0 Å². The summed E-state index contributed by atoms with van der Waals surface area (Å²) in [6, 6.07) is 10.8. The summed E-state index contributed by atoms with van der Waals surface area (Å²) in [5.41, 5.74) is 13.5. The van der Waals surface area contributed by atoms with Crippen molar-refractivity contribution in [2.75, 3.05) is 0 Å². The first-order valence-electron chi connectivity index (χ1n) is 6.59. The molecule has 4 N–H and O–H groups in total. The molecule has 5 nitrogen and oxygen atoms in total. The van der Waals surface area contributed by atoms with Crippen LogP contribution in [-0.2, 0) is 32.7 Å². The molecular formula is C15H18N5SY-. The molecule has 2 aromatic rings. The molecule has 0 fully saturated rings. The number of guanidine groups is 1. The number of hydrogen-bond donors (Lipinski definition) is 2. The van der Waals surface area contributed by atoms with Crippen molar-refractivity contribution in [3.8, 4) is 10.6 Å². The first kappa shape index (κ1) is 18.9. The van der Waals surface area contributed by atoms with Crippen LogP contribution in [0.15, 0.2) is 34.5 Å². The number of benzene rings is 1. The fourth-order valence-electron chi connectivity index (χ4n) is 1.81. The van der Waals surface area contributed by atoms with Gasteiger partial charge in [0, 0.05) is 32.7 Å². The number of nitrogens with zero attached hydrogens (tertiary/aromatic N) is 3. The third kappa shape index (κ3) is 4.70. The fraction of sp³-hybridized carbons (Fsp3) is 0.267. The average molecular weight is 389 g/mol. The van der Waals surface area contributed by atoms with E-state index in [0.29, 0.717) is 5.92 Å². The van der Waals surface area contributed by atoms with Crippen molar-refractivity contribution < 1.29 is 32.7 Å². The van der Waals surface area contributed by atoms with Gasteiger partial charge < -0.3 is 11.5 Å². The van der Waals surface area contributed by atoms with E-state index in [-0.39, 0.29) is 38.7 Å². The minimum Gasteiger partial charge on any atom is -0.369 e. The molecule has 2 rings (SSSR count). The fourth-order valence-corrected chi connectivity index (χ4v) is 2.98. The Kier molecular flexibility index (Phi) is 7.32. The van der Waals surface area contributed by atoms with E-state index >= 15 is 0 Å². The Labute approximate surface area is 159 Å². The van der Waals surface area contributed by atoms with Crippen LogP contribution in [0.2, 0.25) is 0 Å². The van der Waals surface area contributed by atoms with E-state index in [4.69, 9.17) is 16.5 Å². The summed E-state index contributed by atoms with van der Waals surface area (Å²) in [4.78, 5) is 5.75. The second kappa shape index (κ2) is 8.51. The van der Waals surface area contributed by atoms with E-state index in [0.717, 1.165) is 26.9 Å². The molecule has 113 valence electrons. The van der Waals surface area contributed by atoms with Gasteiger partial charge in [-0.05, 0) is 12.8 Å². The molecule has 1 heterocycles. The van der Waals surface area contributed by atoms with Crippen molar-refractivity contribution in [1.29, 1.82) is 0 Å². The summed E-state index contributed by atoms with van der Waals surface area (Å²) >= 11 is 1.59. The van der Waals surface area contributed by atoms with Crippen molar-refractivity contribution in [2.24, 2.45) is 21.7 Å². The maximum absolute atomic E-state index is 5.32. The minimum absolute atomic E-state index is 0. The van der Waals surface area contributed by atoms with Gasteiger partial charge in [0.1, 0.15) is 0 Å². The van der Waals surface area contributed by atoms with Crippen molar-refractivity contribution in [2.45, 2.75) is 26.7 Å². The van der Waals surface area contributed by atoms with Crippen LogP contribution >= 0.6 is 11.3 Å². The van der Waals surface area contributed by atoms with Crippen LogP contribution in [0, 0.1) is 6.07 Å². The van der Waals surface area contributed by atoms with Gasteiger partial charge in [0.2, 0.25) is 5.96 Å². The predicted octanol–water partition coefficient (Wildman–Crippen LogP) is 2.73. The molecule has 1 aromatic carbocycles. The monoisotopic (exact) mass is 389 g/mol. The summed E-state index contributed by atoms with van der Waals surface area (Å²) in [5, 5.41) is 8.74. The third-order valence-electron chi connectivity index (χ3n) is 2.81. The molecule has 0 amide bonds. The number of thiazole rings is 1. The van der Waals surface area contributed by atoms with Crippen LogP contribution in [0.3, 0.4) is 0 Å². The summed E-state index contributed by atoms with van der Waals surface area (Å²) in [6.07, 6.45) is 0. The maximum atomic E-state index is 5.32. The molecule has 1 radical (unpaired) electrons. The number of hydrogen-bond acceptors (Lipinski definition) is 4.